The number of amides is 1. The number of aryl methyl sites for hydroxylation is 1. The number of rotatable bonds is 5. The molecule has 0 saturated carbocycles. The SMILES string of the molecule is CCn1cc(CC(=O)NCc2ccco2)c2cccnc21. The van der Waals surface area contributed by atoms with Crippen molar-refractivity contribution in [3.63, 3.8) is 0 Å². The van der Waals surface area contributed by atoms with E-state index in [1.165, 1.54) is 0 Å². The summed E-state index contributed by atoms with van der Waals surface area (Å²) >= 11 is 0. The lowest BCUT2D eigenvalue weighted by Gasteiger charge is -2.02. The van der Waals surface area contributed by atoms with Gasteiger partial charge in [-0.1, -0.05) is 0 Å². The first-order valence-corrected chi connectivity index (χ1v) is 6.99. The van der Waals surface area contributed by atoms with Crippen LogP contribution in [-0.4, -0.2) is 15.5 Å². The molecule has 0 atom stereocenters. The van der Waals surface area contributed by atoms with Gasteiger partial charge in [0.05, 0.1) is 19.2 Å². The van der Waals surface area contributed by atoms with Crippen LogP contribution in [0.4, 0.5) is 0 Å². The van der Waals surface area contributed by atoms with Crippen LogP contribution < -0.4 is 5.32 Å². The largest absolute Gasteiger partial charge is 0.467 e. The van der Waals surface area contributed by atoms with Crippen molar-refractivity contribution in [3.05, 3.63) is 54.2 Å². The van der Waals surface area contributed by atoms with Crippen LogP contribution in [0.3, 0.4) is 0 Å². The molecule has 0 aliphatic heterocycles. The summed E-state index contributed by atoms with van der Waals surface area (Å²) in [5, 5.41) is 3.90. The molecule has 5 heteroatoms. The fraction of sp³-hybridized carbons (Fsp3) is 0.250. The quantitative estimate of drug-likeness (QED) is 0.782. The molecule has 0 aliphatic rings. The third-order valence-corrected chi connectivity index (χ3v) is 3.45. The molecule has 3 aromatic heterocycles. The second-order valence-electron chi connectivity index (χ2n) is 4.85. The first kappa shape index (κ1) is 13.4. The van der Waals surface area contributed by atoms with Gasteiger partial charge in [0.2, 0.25) is 5.91 Å². The van der Waals surface area contributed by atoms with E-state index in [-0.39, 0.29) is 5.91 Å². The van der Waals surface area contributed by atoms with Crippen molar-refractivity contribution >= 4 is 16.9 Å². The van der Waals surface area contributed by atoms with Gasteiger partial charge in [-0.2, -0.15) is 0 Å². The average Bonchev–Trinajstić information content (AvgIpc) is 3.13. The number of nitrogens with zero attached hydrogens (tertiary/aromatic N) is 2. The van der Waals surface area contributed by atoms with Gasteiger partial charge in [-0.15, -0.1) is 0 Å². The fourth-order valence-corrected chi connectivity index (χ4v) is 2.41. The number of aromatic nitrogens is 2. The highest BCUT2D eigenvalue weighted by molar-refractivity contribution is 5.87. The summed E-state index contributed by atoms with van der Waals surface area (Å²) in [5.74, 6) is 0.728. The van der Waals surface area contributed by atoms with Gasteiger partial charge in [0, 0.05) is 24.3 Å². The number of furan rings is 1. The summed E-state index contributed by atoms with van der Waals surface area (Å²) in [4.78, 5) is 16.4. The standard InChI is InChI=1S/C16H17N3O2/c1-2-19-11-12(14-6-3-7-17-16(14)19)9-15(20)18-10-13-5-4-8-21-13/h3-8,11H,2,9-10H2,1H3,(H,18,20). The second-order valence-corrected chi connectivity index (χ2v) is 4.85. The van der Waals surface area contributed by atoms with Gasteiger partial charge in [-0.25, -0.2) is 4.98 Å². The maximum absolute atomic E-state index is 12.1. The fourth-order valence-electron chi connectivity index (χ4n) is 2.41. The predicted octanol–water partition coefficient (Wildman–Crippen LogP) is 2.51. The molecule has 108 valence electrons. The summed E-state index contributed by atoms with van der Waals surface area (Å²) in [6.07, 6.45) is 5.72. The van der Waals surface area contributed by atoms with Crippen molar-refractivity contribution < 1.29 is 9.21 Å². The Morgan fingerprint density at radius 1 is 1.38 bits per heavy atom. The third-order valence-electron chi connectivity index (χ3n) is 3.45. The van der Waals surface area contributed by atoms with Crippen molar-refractivity contribution in [2.24, 2.45) is 0 Å². The molecule has 0 aromatic carbocycles. The lowest BCUT2D eigenvalue weighted by molar-refractivity contribution is -0.120. The van der Waals surface area contributed by atoms with E-state index in [4.69, 9.17) is 4.42 Å². The number of nitrogens with one attached hydrogen (secondary N) is 1. The van der Waals surface area contributed by atoms with Gasteiger partial charge >= 0.3 is 0 Å². The third kappa shape index (κ3) is 2.81. The van der Waals surface area contributed by atoms with Crippen LogP contribution in [0.1, 0.15) is 18.2 Å². The summed E-state index contributed by atoms with van der Waals surface area (Å²) in [6, 6.07) is 7.55. The zero-order valence-electron chi connectivity index (χ0n) is 11.9. The molecule has 0 saturated heterocycles. The first-order valence-electron chi connectivity index (χ1n) is 6.99. The maximum atomic E-state index is 12.1. The van der Waals surface area contributed by atoms with Crippen LogP contribution in [0.2, 0.25) is 0 Å². The van der Waals surface area contributed by atoms with Crippen molar-refractivity contribution in [1.29, 1.82) is 0 Å². The Morgan fingerprint density at radius 3 is 3.05 bits per heavy atom. The summed E-state index contributed by atoms with van der Waals surface area (Å²) in [5.41, 5.74) is 1.92. The highest BCUT2D eigenvalue weighted by Crippen LogP contribution is 2.19. The van der Waals surface area contributed by atoms with Gasteiger partial charge < -0.3 is 14.3 Å². The average molecular weight is 283 g/mol. The van der Waals surface area contributed by atoms with Crippen LogP contribution in [0.25, 0.3) is 11.0 Å². The molecule has 21 heavy (non-hydrogen) atoms. The lowest BCUT2D eigenvalue weighted by Crippen LogP contribution is -2.24. The van der Waals surface area contributed by atoms with Crippen molar-refractivity contribution in [2.75, 3.05) is 0 Å². The van der Waals surface area contributed by atoms with Crippen LogP contribution in [-0.2, 0) is 24.3 Å². The van der Waals surface area contributed by atoms with E-state index in [2.05, 4.69) is 21.8 Å². The molecule has 3 heterocycles. The number of hydrogen-bond acceptors (Lipinski definition) is 3. The summed E-state index contributed by atoms with van der Waals surface area (Å²) in [7, 11) is 0. The number of fused-ring (bicyclic) bond motifs is 1. The molecular weight excluding hydrogens is 266 g/mol. The molecule has 5 nitrogen and oxygen atoms in total. The molecule has 3 aromatic rings. The smallest absolute Gasteiger partial charge is 0.224 e. The first-order chi connectivity index (χ1) is 10.3. The van der Waals surface area contributed by atoms with E-state index < -0.39 is 0 Å². The molecule has 0 fully saturated rings. The molecule has 0 aliphatic carbocycles. The zero-order chi connectivity index (χ0) is 14.7. The number of pyridine rings is 1. The molecule has 1 N–H and O–H groups in total. The minimum Gasteiger partial charge on any atom is -0.467 e. The Hall–Kier alpha value is -2.56. The van der Waals surface area contributed by atoms with E-state index in [9.17, 15) is 4.79 Å². The Labute approximate surface area is 122 Å². The van der Waals surface area contributed by atoms with E-state index in [1.807, 2.05) is 30.5 Å². The van der Waals surface area contributed by atoms with Gasteiger partial charge in [0.15, 0.2) is 0 Å². The molecular formula is C16H17N3O2. The Kier molecular flexibility index (Phi) is 3.73. The Morgan fingerprint density at radius 2 is 2.29 bits per heavy atom. The number of hydrogen-bond donors (Lipinski definition) is 1. The molecule has 0 spiro atoms. The second kappa shape index (κ2) is 5.83. The minimum atomic E-state index is -0.0228. The van der Waals surface area contributed by atoms with Crippen LogP contribution in [0.5, 0.6) is 0 Å². The van der Waals surface area contributed by atoms with Gasteiger partial charge in [0.25, 0.3) is 0 Å². The highest BCUT2D eigenvalue weighted by Gasteiger charge is 2.12. The summed E-state index contributed by atoms with van der Waals surface area (Å²) < 4.78 is 7.26. The molecule has 0 unspecified atom stereocenters. The van der Waals surface area contributed by atoms with Crippen molar-refractivity contribution in [3.8, 4) is 0 Å². The highest BCUT2D eigenvalue weighted by atomic mass is 16.3. The van der Waals surface area contributed by atoms with E-state index >= 15 is 0 Å². The van der Waals surface area contributed by atoms with Crippen molar-refractivity contribution in [1.82, 2.24) is 14.9 Å². The molecule has 3 rings (SSSR count). The van der Waals surface area contributed by atoms with Gasteiger partial charge in [-0.05, 0) is 36.8 Å². The topological polar surface area (TPSA) is 60.1 Å². The molecule has 0 radical (unpaired) electrons. The van der Waals surface area contributed by atoms with Crippen LogP contribution in [0.15, 0.2) is 47.3 Å². The Balaban J connectivity index is 1.73. The van der Waals surface area contributed by atoms with Crippen LogP contribution in [0, 0.1) is 0 Å². The summed E-state index contributed by atoms with van der Waals surface area (Å²) in [6.45, 7) is 3.31. The number of carbonyl (C=O) groups is 1. The van der Waals surface area contributed by atoms with Gasteiger partial charge in [0.1, 0.15) is 11.4 Å². The number of carbonyl (C=O) groups excluding carboxylic acids is 1. The van der Waals surface area contributed by atoms with Crippen molar-refractivity contribution in [2.45, 2.75) is 26.4 Å². The van der Waals surface area contributed by atoms with E-state index in [1.54, 1.807) is 12.5 Å². The minimum absolute atomic E-state index is 0.0228. The predicted molar refractivity (Wildman–Crippen MR) is 79.7 cm³/mol. The lowest BCUT2D eigenvalue weighted by atomic mass is 10.1. The maximum Gasteiger partial charge on any atom is 0.224 e. The van der Waals surface area contributed by atoms with Crippen LogP contribution >= 0.6 is 0 Å². The van der Waals surface area contributed by atoms with E-state index in [0.717, 1.165) is 28.9 Å². The molecule has 1 amide bonds. The van der Waals surface area contributed by atoms with E-state index in [0.29, 0.717) is 13.0 Å². The normalized spacial score (nSPS) is 10.9. The Bertz CT molecular complexity index is 744. The molecule has 0 bridgehead atoms. The van der Waals surface area contributed by atoms with Gasteiger partial charge in [-0.3, -0.25) is 4.79 Å². The zero-order valence-corrected chi connectivity index (χ0v) is 11.9. The monoisotopic (exact) mass is 283 g/mol.